The fourth-order valence-corrected chi connectivity index (χ4v) is 1.77. The van der Waals surface area contributed by atoms with Crippen LogP contribution in [0.2, 0.25) is 0 Å². The number of aromatic nitrogens is 2. The van der Waals surface area contributed by atoms with Crippen LogP contribution < -0.4 is 10.5 Å². The molecule has 0 radical (unpaired) electrons. The van der Waals surface area contributed by atoms with Gasteiger partial charge in [0, 0.05) is 12.1 Å². The summed E-state index contributed by atoms with van der Waals surface area (Å²) in [7, 11) is 0. The van der Waals surface area contributed by atoms with Gasteiger partial charge in [-0.25, -0.2) is 13.8 Å². The second kappa shape index (κ2) is 5.72. The number of primary amides is 1. The summed E-state index contributed by atoms with van der Waals surface area (Å²) in [5.74, 6) is -1.92. The van der Waals surface area contributed by atoms with Gasteiger partial charge in [0.25, 0.3) is 0 Å². The average molecular weight is 358 g/mol. The number of ether oxygens (including phenoxy) is 1. The molecule has 0 aromatic carbocycles. The maximum atomic E-state index is 14.0. The van der Waals surface area contributed by atoms with Gasteiger partial charge >= 0.3 is 0 Å². The fourth-order valence-electron chi connectivity index (χ4n) is 1.48. The van der Waals surface area contributed by atoms with Gasteiger partial charge in [-0.3, -0.25) is 9.78 Å². The van der Waals surface area contributed by atoms with Crippen molar-refractivity contribution in [3.8, 4) is 11.6 Å². The molecule has 0 fully saturated rings. The summed E-state index contributed by atoms with van der Waals surface area (Å²) in [4.78, 5) is 18.8. The van der Waals surface area contributed by atoms with E-state index in [9.17, 15) is 13.6 Å². The number of alkyl halides is 1. The highest BCUT2D eigenvalue weighted by molar-refractivity contribution is 9.10. The number of amides is 1. The fraction of sp³-hybridized carbons (Fsp3) is 0.154. The van der Waals surface area contributed by atoms with Crippen LogP contribution in [0.4, 0.5) is 8.78 Å². The zero-order valence-corrected chi connectivity index (χ0v) is 12.4. The van der Waals surface area contributed by atoms with Gasteiger partial charge in [0.1, 0.15) is 21.7 Å². The van der Waals surface area contributed by atoms with E-state index < -0.39 is 21.9 Å². The first-order chi connectivity index (χ1) is 9.80. The predicted octanol–water partition coefficient (Wildman–Crippen LogP) is 2.64. The van der Waals surface area contributed by atoms with Crippen molar-refractivity contribution in [1.29, 1.82) is 0 Å². The van der Waals surface area contributed by atoms with Crippen LogP contribution in [0.1, 0.15) is 12.6 Å². The van der Waals surface area contributed by atoms with Gasteiger partial charge in [-0.1, -0.05) is 15.9 Å². The van der Waals surface area contributed by atoms with E-state index in [4.69, 9.17) is 10.5 Å². The normalized spacial score (nSPS) is 13.5. The first-order valence-electron chi connectivity index (χ1n) is 5.75. The number of rotatable bonds is 4. The third-order valence-corrected chi connectivity index (χ3v) is 3.41. The summed E-state index contributed by atoms with van der Waals surface area (Å²) in [6.07, 6.45) is 2.18. The molecule has 0 aliphatic heterocycles. The Morgan fingerprint density at radius 2 is 2.05 bits per heavy atom. The molecule has 2 rings (SSSR count). The van der Waals surface area contributed by atoms with Crippen LogP contribution in [-0.4, -0.2) is 15.9 Å². The van der Waals surface area contributed by atoms with Crippen molar-refractivity contribution in [2.24, 2.45) is 5.73 Å². The van der Waals surface area contributed by atoms with Gasteiger partial charge in [0.2, 0.25) is 11.8 Å². The molecule has 0 saturated heterocycles. The molecule has 1 amide bonds. The summed E-state index contributed by atoms with van der Waals surface area (Å²) in [6, 6.07) is 3.48. The Labute approximate surface area is 127 Å². The Morgan fingerprint density at radius 3 is 2.57 bits per heavy atom. The van der Waals surface area contributed by atoms with Gasteiger partial charge in [-0.2, -0.15) is 0 Å². The third-order valence-electron chi connectivity index (χ3n) is 2.65. The minimum atomic E-state index is -1.43. The van der Waals surface area contributed by atoms with Crippen molar-refractivity contribution >= 4 is 21.8 Å². The highest BCUT2D eigenvalue weighted by Gasteiger charge is 2.34. The molecule has 0 aliphatic rings. The Kier molecular flexibility index (Phi) is 4.17. The number of pyridine rings is 2. The maximum Gasteiger partial charge on any atom is 0.240 e. The van der Waals surface area contributed by atoms with Crippen molar-refractivity contribution in [2.45, 2.75) is 11.2 Å². The summed E-state index contributed by atoms with van der Waals surface area (Å²) in [6.45, 7) is 1.39. The largest absolute Gasteiger partial charge is 0.437 e. The van der Waals surface area contributed by atoms with Crippen molar-refractivity contribution in [3.05, 3.63) is 47.9 Å². The van der Waals surface area contributed by atoms with Crippen molar-refractivity contribution in [2.75, 3.05) is 0 Å². The maximum absolute atomic E-state index is 14.0. The SMILES string of the molecule is CC(Br)(C(N)=O)c1ncc(Oc2ccc(F)cn2)cc1F. The van der Waals surface area contributed by atoms with E-state index in [-0.39, 0.29) is 17.3 Å². The number of nitrogens with zero attached hydrogens (tertiary/aromatic N) is 2. The number of carbonyl (C=O) groups is 1. The number of hydrogen-bond acceptors (Lipinski definition) is 4. The molecular weight excluding hydrogens is 348 g/mol. The number of nitrogens with two attached hydrogens (primary N) is 1. The van der Waals surface area contributed by atoms with Crippen LogP contribution in [0.25, 0.3) is 0 Å². The summed E-state index contributed by atoms with van der Waals surface area (Å²) in [5, 5.41) is 0. The number of carbonyl (C=O) groups excluding carboxylic acids is 1. The highest BCUT2D eigenvalue weighted by Crippen LogP contribution is 2.32. The Balaban J connectivity index is 2.27. The van der Waals surface area contributed by atoms with Crippen LogP contribution in [-0.2, 0) is 9.12 Å². The first kappa shape index (κ1) is 15.3. The minimum Gasteiger partial charge on any atom is -0.437 e. The highest BCUT2D eigenvalue weighted by atomic mass is 79.9. The smallest absolute Gasteiger partial charge is 0.240 e. The number of hydrogen-bond donors (Lipinski definition) is 1. The monoisotopic (exact) mass is 357 g/mol. The average Bonchev–Trinajstić information content (AvgIpc) is 2.41. The van der Waals surface area contributed by atoms with Crippen molar-refractivity contribution < 1.29 is 18.3 Å². The van der Waals surface area contributed by atoms with Crippen molar-refractivity contribution in [1.82, 2.24) is 9.97 Å². The molecule has 0 spiro atoms. The molecule has 1 unspecified atom stereocenters. The van der Waals surface area contributed by atoms with Gasteiger partial charge in [-0.05, 0) is 13.0 Å². The lowest BCUT2D eigenvalue weighted by Crippen LogP contribution is -2.34. The molecule has 21 heavy (non-hydrogen) atoms. The predicted molar refractivity (Wildman–Crippen MR) is 73.9 cm³/mol. The lowest BCUT2D eigenvalue weighted by Gasteiger charge is -2.18. The third kappa shape index (κ3) is 3.33. The molecule has 2 aromatic rings. The van der Waals surface area contributed by atoms with E-state index in [1.54, 1.807) is 0 Å². The standard InChI is InChI=1S/C13H10BrF2N3O2/c1-13(14,12(17)20)11-9(16)4-8(6-19-11)21-10-3-2-7(15)5-18-10/h2-6H,1H3,(H2,17,20). The van der Waals surface area contributed by atoms with Crippen LogP contribution in [0.3, 0.4) is 0 Å². The molecule has 0 aliphatic carbocycles. The molecule has 2 N–H and O–H groups in total. The second-order valence-corrected chi connectivity index (χ2v) is 5.87. The Morgan fingerprint density at radius 1 is 1.33 bits per heavy atom. The lowest BCUT2D eigenvalue weighted by atomic mass is 10.1. The lowest BCUT2D eigenvalue weighted by molar-refractivity contribution is -0.120. The van der Waals surface area contributed by atoms with Crippen molar-refractivity contribution in [3.63, 3.8) is 0 Å². The molecular formula is C13H10BrF2N3O2. The van der Waals surface area contributed by atoms with Gasteiger partial charge in [0.05, 0.1) is 12.4 Å². The van der Waals surface area contributed by atoms with Gasteiger partial charge < -0.3 is 10.5 Å². The zero-order valence-electron chi connectivity index (χ0n) is 10.8. The number of halogens is 3. The van der Waals surface area contributed by atoms with E-state index in [0.29, 0.717) is 0 Å². The van der Waals surface area contributed by atoms with Crippen LogP contribution in [0, 0.1) is 11.6 Å². The Hall–Kier alpha value is -2.09. The first-order valence-corrected chi connectivity index (χ1v) is 6.54. The van der Waals surface area contributed by atoms with Crippen LogP contribution >= 0.6 is 15.9 Å². The molecule has 8 heteroatoms. The summed E-state index contributed by atoms with van der Waals surface area (Å²) >= 11 is 3.03. The molecule has 2 aromatic heterocycles. The topological polar surface area (TPSA) is 78.1 Å². The minimum absolute atomic E-state index is 0.0585. The van der Waals surface area contributed by atoms with E-state index in [2.05, 4.69) is 25.9 Å². The molecule has 1 atom stereocenters. The van der Waals surface area contributed by atoms with E-state index in [1.165, 1.54) is 19.2 Å². The Bertz CT molecular complexity index is 678. The summed E-state index contributed by atoms with van der Waals surface area (Å²) in [5.41, 5.74) is 5.02. The summed E-state index contributed by atoms with van der Waals surface area (Å²) < 4.78 is 30.5. The molecule has 2 heterocycles. The second-order valence-electron chi connectivity index (χ2n) is 4.29. The van der Waals surface area contributed by atoms with E-state index in [0.717, 1.165) is 18.3 Å². The van der Waals surface area contributed by atoms with Gasteiger partial charge in [0.15, 0.2) is 5.75 Å². The van der Waals surface area contributed by atoms with E-state index in [1.807, 2.05) is 0 Å². The van der Waals surface area contributed by atoms with Crippen LogP contribution in [0.5, 0.6) is 11.6 Å². The zero-order chi connectivity index (χ0) is 15.6. The quantitative estimate of drug-likeness (QED) is 0.853. The molecule has 0 saturated carbocycles. The molecule has 5 nitrogen and oxygen atoms in total. The van der Waals surface area contributed by atoms with Gasteiger partial charge in [-0.15, -0.1) is 0 Å². The van der Waals surface area contributed by atoms with Crippen LogP contribution in [0.15, 0.2) is 30.6 Å². The molecule has 110 valence electrons. The van der Waals surface area contributed by atoms with E-state index >= 15 is 0 Å². The molecule has 0 bridgehead atoms.